The van der Waals surface area contributed by atoms with E-state index < -0.39 is 0 Å². The summed E-state index contributed by atoms with van der Waals surface area (Å²) in [6.07, 6.45) is 1.29. The molecule has 0 aromatic carbocycles. The van der Waals surface area contributed by atoms with E-state index >= 15 is 0 Å². The van der Waals surface area contributed by atoms with Crippen LogP contribution >= 0.6 is 11.8 Å². The Kier molecular flexibility index (Phi) is 6.65. The van der Waals surface area contributed by atoms with Gasteiger partial charge < -0.3 is 5.32 Å². The van der Waals surface area contributed by atoms with E-state index in [2.05, 4.69) is 19.2 Å². The van der Waals surface area contributed by atoms with Gasteiger partial charge in [0.05, 0.1) is 0 Å². The average Bonchev–Trinajstić information content (AvgIpc) is 1.89. The van der Waals surface area contributed by atoms with Crippen LogP contribution in [0, 0.1) is 0 Å². The van der Waals surface area contributed by atoms with Crippen LogP contribution in [0.25, 0.3) is 0 Å². The van der Waals surface area contributed by atoms with E-state index in [4.69, 9.17) is 0 Å². The summed E-state index contributed by atoms with van der Waals surface area (Å²) < 4.78 is 0. The predicted molar refractivity (Wildman–Crippen MR) is 46.1 cm³/mol. The summed E-state index contributed by atoms with van der Waals surface area (Å²) in [5, 5.41) is 3.20. The Labute approximate surface area is 62.6 Å². The smallest absolute Gasteiger partial charge is 0.0126 e. The fourth-order valence-corrected chi connectivity index (χ4v) is 1.46. The van der Waals surface area contributed by atoms with Gasteiger partial charge >= 0.3 is 0 Å². The van der Waals surface area contributed by atoms with E-state index in [-0.39, 0.29) is 0 Å². The first-order chi connectivity index (χ1) is 4.31. The van der Waals surface area contributed by atoms with Crippen LogP contribution in [0.1, 0.15) is 20.3 Å². The molecule has 0 radical (unpaired) electrons. The van der Waals surface area contributed by atoms with Gasteiger partial charge in [-0.2, -0.15) is 11.8 Å². The van der Waals surface area contributed by atoms with Crippen LogP contribution in [-0.4, -0.2) is 24.6 Å². The average molecular weight is 147 g/mol. The minimum absolute atomic E-state index is 0.668. The topological polar surface area (TPSA) is 12.0 Å². The van der Waals surface area contributed by atoms with Crippen LogP contribution < -0.4 is 5.32 Å². The van der Waals surface area contributed by atoms with Gasteiger partial charge in [-0.15, -0.1) is 0 Å². The van der Waals surface area contributed by atoms with Crippen molar-refractivity contribution in [1.29, 1.82) is 0 Å². The first-order valence-corrected chi connectivity index (χ1v) is 4.71. The van der Waals surface area contributed by atoms with Crippen molar-refractivity contribution in [3.63, 3.8) is 0 Å². The molecular weight excluding hydrogens is 130 g/mol. The molecule has 0 fully saturated rings. The van der Waals surface area contributed by atoms with Gasteiger partial charge in [-0.05, 0) is 26.1 Å². The molecule has 0 saturated carbocycles. The lowest BCUT2D eigenvalue weighted by molar-refractivity contribution is 0.677. The molecule has 0 rings (SSSR count). The van der Waals surface area contributed by atoms with Gasteiger partial charge in [0, 0.05) is 11.8 Å². The van der Waals surface area contributed by atoms with Crippen molar-refractivity contribution in [2.75, 3.05) is 18.6 Å². The van der Waals surface area contributed by atoms with Crippen molar-refractivity contribution >= 4 is 11.8 Å². The fourth-order valence-electron chi connectivity index (χ4n) is 0.488. The van der Waals surface area contributed by atoms with Gasteiger partial charge in [0.2, 0.25) is 0 Å². The normalized spacial score (nSPS) is 13.7. The Hall–Kier alpha value is 0.310. The van der Waals surface area contributed by atoms with Crippen molar-refractivity contribution in [2.24, 2.45) is 0 Å². The van der Waals surface area contributed by atoms with Crippen LogP contribution in [0.4, 0.5) is 0 Å². The third-order valence-electron chi connectivity index (χ3n) is 1.21. The van der Waals surface area contributed by atoms with Gasteiger partial charge in [-0.3, -0.25) is 0 Å². The summed E-state index contributed by atoms with van der Waals surface area (Å²) >= 11 is 2.02. The molecule has 1 unspecified atom stereocenters. The van der Waals surface area contributed by atoms with Gasteiger partial charge in [0.15, 0.2) is 0 Å². The molecule has 1 nitrogen and oxygen atoms in total. The fraction of sp³-hybridized carbons (Fsp3) is 1.00. The lowest BCUT2D eigenvalue weighted by Crippen LogP contribution is -2.23. The van der Waals surface area contributed by atoms with E-state index in [1.165, 1.54) is 17.9 Å². The minimum Gasteiger partial charge on any atom is -0.316 e. The second-order valence-electron chi connectivity index (χ2n) is 2.26. The maximum atomic E-state index is 3.20. The monoisotopic (exact) mass is 147 g/mol. The Bertz CT molecular complexity index is 56.9. The molecule has 1 atom stereocenters. The largest absolute Gasteiger partial charge is 0.316 e. The lowest BCUT2D eigenvalue weighted by atomic mass is 10.4. The van der Waals surface area contributed by atoms with Crippen molar-refractivity contribution in [3.8, 4) is 0 Å². The number of hydrogen-bond donors (Lipinski definition) is 1. The quantitative estimate of drug-likeness (QED) is 0.594. The maximum absolute atomic E-state index is 3.20. The van der Waals surface area contributed by atoms with Crippen LogP contribution in [0.5, 0.6) is 0 Å². The Morgan fingerprint density at radius 1 is 1.56 bits per heavy atom. The number of rotatable bonds is 5. The van der Waals surface area contributed by atoms with Crippen LogP contribution in [0.15, 0.2) is 0 Å². The zero-order chi connectivity index (χ0) is 7.11. The van der Waals surface area contributed by atoms with Crippen LogP contribution in [0.3, 0.4) is 0 Å². The highest BCUT2D eigenvalue weighted by molar-refractivity contribution is 7.99. The summed E-state index contributed by atoms with van der Waals surface area (Å²) in [6.45, 7) is 4.43. The molecule has 56 valence electrons. The SMILES string of the molecule is CCCSCC(C)NC. The van der Waals surface area contributed by atoms with E-state index in [1.54, 1.807) is 0 Å². The number of hydrogen-bond acceptors (Lipinski definition) is 2. The predicted octanol–water partition coefficient (Wildman–Crippen LogP) is 1.74. The van der Waals surface area contributed by atoms with Crippen LogP contribution in [0.2, 0.25) is 0 Å². The molecule has 0 heterocycles. The van der Waals surface area contributed by atoms with Crippen LogP contribution in [-0.2, 0) is 0 Å². The lowest BCUT2D eigenvalue weighted by Gasteiger charge is -2.07. The summed E-state index contributed by atoms with van der Waals surface area (Å²) in [4.78, 5) is 0. The molecule has 0 aliphatic rings. The maximum Gasteiger partial charge on any atom is 0.0126 e. The molecule has 0 saturated heterocycles. The standard InChI is InChI=1S/C7H17NS/c1-4-5-9-6-7(2)8-3/h7-8H,4-6H2,1-3H3. The Balaban J connectivity index is 2.88. The van der Waals surface area contributed by atoms with Crippen molar-refractivity contribution < 1.29 is 0 Å². The molecule has 0 aliphatic carbocycles. The molecular formula is C7H17NS. The minimum atomic E-state index is 0.668. The van der Waals surface area contributed by atoms with Gasteiger partial charge in [0.25, 0.3) is 0 Å². The van der Waals surface area contributed by atoms with Crippen molar-refractivity contribution in [3.05, 3.63) is 0 Å². The van der Waals surface area contributed by atoms with Gasteiger partial charge in [0.1, 0.15) is 0 Å². The zero-order valence-electron chi connectivity index (χ0n) is 6.61. The van der Waals surface area contributed by atoms with E-state index in [0.717, 1.165) is 0 Å². The number of nitrogens with one attached hydrogen (secondary N) is 1. The zero-order valence-corrected chi connectivity index (χ0v) is 7.42. The summed E-state index contributed by atoms with van der Waals surface area (Å²) in [5.41, 5.74) is 0. The van der Waals surface area contributed by atoms with E-state index in [0.29, 0.717) is 6.04 Å². The van der Waals surface area contributed by atoms with Crippen molar-refractivity contribution in [1.82, 2.24) is 5.32 Å². The first-order valence-electron chi connectivity index (χ1n) is 3.56. The second kappa shape index (κ2) is 6.43. The molecule has 0 spiro atoms. The van der Waals surface area contributed by atoms with E-state index in [9.17, 15) is 0 Å². The van der Waals surface area contributed by atoms with Gasteiger partial charge in [-0.25, -0.2) is 0 Å². The Morgan fingerprint density at radius 2 is 2.22 bits per heavy atom. The highest BCUT2D eigenvalue weighted by Gasteiger charge is 1.95. The summed E-state index contributed by atoms with van der Waals surface area (Å²) in [6, 6.07) is 0.668. The Morgan fingerprint density at radius 3 is 2.67 bits per heavy atom. The van der Waals surface area contributed by atoms with Gasteiger partial charge in [-0.1, -0.05) is 6.92 Å². The third kappa shape index (κ3) is 6.19. The molecule has 0 bridgehead atoms. The molecule has 2 heteroatoms. The first kappa shape index (κ1) is 9.31. The highest BCUT2D eigenvalue weighted by atomic mass is 32.2. The van der Waals surface area contributed by atoms with E-state index in [1.807, 2.05) is 18.8 Å². The van der Waals surface area contributed by atoms with Crippen molar-refractivity contribution in [2.45, 2.75) is 26.3 Å². The summed E-state index contributed by atoms with van der Waals surface area (Å²) in [7, 11) is 2.01. The highest BCUT2D eigenvalue weighted by Crippen LogP contribution is 2.03. The number of thioether (sulfide) groups is 1. The summed E-state index contributed by atoms with van der Waals surface area (Å²) in [5.74, 6) is 2.54. The molecule has 1 N–H and O–H groups in total. The molecule has 0 aromatic heterocycles. The molecule has 0 aliphatic heterocycles. The third-order valence-corrected chi connectivity index (χ3v) is 2.64. The second-order valence-corrected chi connectivity index (χ2v) is 3.41. The molecule has 0 amide bonds. The molecule has 0 aromatic rings. The molecule has 9 heavy (non-hydrogen) atoms.